The van der Waals surface area contributed by atoms with E-state index in [1.165, 1.54) is 0 Å². The first-order valence-electron chi connectivity index (χ1n) is 7.68. The van der Waals surface area contributed by atoms with E-state index in [0.717, 1.165) is 19.3 Å². The fourth-order valence-corrected chi connectivity index (χ4v) is 2.90. The van der Waals surface area contributed by atoms with Gasteiger partial charge in [-0.15, -0.1) is 0 Å². The van der Waals surface area contributed by atoms with Crippen LogP contribution in [0.4, 0.5) is 0 Å². The minimum Gasteiger partial charge on any atom is -0.481 e. The Morgan fingerprint density at radius 3 is 2.70 bits per heavy atom. The minimum absolute atomic E-state index is 0.0467. The molecule has 3 heteroatoms. The van der Waals surface area contributed by atoms with E-state index in [9.17, 15) is 14.7 Å². The van der Waals surface area contributed by atoms with Gasteiger partial charge in [-0.25, -0.2) is 0 Å². The summed E-state index contributed by atoms with van der Waals surface area (Å²) in [5, 5.41) is 9.43. The molecule has 112 valence electrons. The zero-order chi connectivity index (χ0) is 15.0. The Bertz CT molecular complexity index is 382. The fraction of sp³-hybridized carbons (Fsp3) is 0.647. The van der Waals surface area contributed by atoms with Gasteiger partial charge in [-0.1, -0.05) is 44.6 Å². The molecule has 1 aliphatic carbocycles. The Morgan fingerprint density at radius 2 is 2.10 bits per heavy atom. The highest BCUT2D eigenvalue weighted by atomic mass is 16.4. The molecule has 3 atom stereocenters. The normalized spacial score (nSPS) is 24.8. The molecule has 0 spiro atoms. The van der Waals surface area contributed by atoms with E-state index in [1.54, 1.807) is 6.08 Å². The summed E-state index contributed by atoms with van der Waals surface area (Å²) < 4.78 is 0. The van der Waals surface area contributed by atoms with Gasteiger partial charge in [0.15, 0.2) is 0 Å². The Hall–Kier alpha value is -1.38. The third kappa shape index (κ3) is 4.62. The topological polar surface area (TPSA) is 54.4 Å². The molecule has 0 aromatic carbocycles. The maximum absolute atomic E-state index is 12.0. The van der Waals surface area contributed by atoms with E-state index in [2.05, 4.69) is 13.8 Å². The second-order valence-electron chi connectivity index (χ2n) is 5.47. The highest BCUT2D eigenvalue weighted by molar-refractivity contribution is 5.85. The average Bonchev–Trinajstić information content (AvgIpc) is 2.76. The molecular weight excluding hydrogens is 252 g/mol. The van der Waals surface area contributed by atoms with Crippen molar-refractivity contribution in [1.29, 1.82) is 0 Å². The van der Waals surface area contributed by atoms with Crippen LogP contribution in [-0.2, 0) is 9.59 Å². The van der Waals surface area contributed by atoms with Crippen LogP contribution < -0.4 is 0 Å². The van der Waals surface area contributed by atoms with E-state index in [1.807, 2.05) is 18.2 Å². The van der Waals surface area contributed by atoms with Crippen molar-refractivity contribution in [2.24, 2.45) is 17.8 Å². The molecule has 0 bridgehead atoms. The summed E-state index contributed by atoms with van der Waals surface area (Å²) in [7, 11) is 0. The first-order valence-corrected chi connectivity index (χ1v) is 7.68. The van der Waals surface area contributed by atoms with Crippen LogP contribution in [0.5, 0.6) is 0 Å². The number of Topliss-reactive ketones (excluding diaryl/α,β-unsaturated/α-hetero) is 1. The standard InChI is InChI=1S/C17H26O3/c1-3-5-7-9-14-13(11-12-16(14)18)15(17(19)20)10-8-6-4-2/h5,7-8,10,13-15H,3-4,6,9,11-12H2,1-2H3,(H,19,20). The van der Waals surface area contributed by atoms with Crippen molar-refractivity contribution in [2.75, 3.05) is 0 Å². The number of carboxylic acid groups (broad SMARTS) is 1. The van der Waals surface area contributed by atoms with Crippen molar-refractivity contribution in [3.8, 4) is 0 Å². The van der Waals surface area contributed by atoms with Crippen molar-refractivity contribution < 1.29 is 14.7 Å². The number of aliphatic carboxylic acids is 1. The van der Waals surface area contributed by atoms with Gasteiger partial charge in [-0.2, -0.15) is 0 Å². The summed E-state index contributed by atoms with van der Waals surface area (Å²) in [6.07, 6.45) is 12.6. The van der Waals surface area contributed by atoms with Gasteiger partial charge in [0, 0.05) is 12.3 Å². The maximum Gasteiger partial charge on any atom is 0.310 e. The van der Waals surface area contributed by atoms with Gasteiger partial charge < -0.3 is 5.11 Å². The van der Waals surface area contributed by atoms with Gasteiger partial charge in [0.2, 0.25) is 0 Å². The zero-order valence-electron chi connectivity index (χ0n) is 12.5. The summed E-state index contributed by atoms with van der Waals surface area (Å²) in [5.41, 5.74) is 0. The van der Waals surface area contributed by atoms with E-state index >= 15 is 0 Å². The molecule has 1 N–H and O–H groups in total. The molecular formula is C17H26O3. The zero-order valence-corrected chi connectivity index (χ0v) is 12.5. The molecule has 0 amide bonds. The number of allylic oxidation sites excluding steroid dienone is 3. The Morgan fingerprint density at radius 1 is 1.35 bits per heavy atom. The monoisotopic (exact) mass is 278 g/mol. The first-order chi connectivity index (χ1) is 9.61. The van der Waals surface area contributed by atoms with E-state index in [0.29, 0.717) is 19.3 Å². The third-order valence-corrected chi connectivity index (χ3v) is 3.99. The van der Waals surface area contributed by atoms with Crippen LogP contribution in [0, 0.1) is 17.8 Å². The van der Waals surface area contributed by atoms with Crippen LogP contribution in [0.2, 0.25) is 0 Å². The van der Waals surface area contributed by atoms with Crippen LogP contribution in [0.25, 0.3) is 0 Å². The number of carbonyl (C=O) groups excluding carboxylic acids is 1. The highest BCUT2D eigenvalue weighted by Gasteiger charge is 2.40. The van der Waals surface area contributed by atoms with Gasteiger partial charge in [-0.05, 0) is 31.6 Å². The lowest BCUT2D eigenvalue weighted by atomic mass is 9.81. The second kappa shape index (κ2) is 8.72. The minimum atomic E-state index is -0.804. The largest absolute Gasteiger partial charge is 0.481 e. The predicted octanol–water partition coefficient (Wildman–Crippen LogP) is 4.00. The lowest BCUT2D eigenvalue weighted by Crippen LogP contribution is -2.26. The number of carboxylic acids is 1. The molecule has 0 heterocycles. The van der Waals surface area contributed by atoms with Gasteiger partial charge in [-0.3, -0.25) is 9.59 Å². The van der Waals surface area contributed by atoms with E-state index < -0.39 is 11.9 Å². The summed E-state index contributed by atoms with van der Waals surface area (Å²) in [4.78, 5) is 23.5. The van der Waals surface area contributed by atoms with Crippen molar-refractivity contribution in [3.05, 3.63) is 24.3 Å². The molecule has 1 aliphatic rings. The number of hydrogen-bond donors (Lipinski definition) is 1. The average molecular weight is 278 g/mol. The van der Waals surface area contributed by atoms with Crippen molar-refractivity contribution in [2.45, 2.75) is 52.4 Å². The van der Waals surface area contributed by atoms with Crippen LogP contribution in [0.1, 0.15) is 52.4 Å². The van der Waals surface area contributed by atoms with Gasteiger partial charge in [0.25, 0.3) is 0 Å². The van der Waals surface area contributed by atoms with Crippen LogP contribution >= 0.6 is 0 Å². The predicted molar refractivity (Wildman–Crippen MR) is 80.4 cm³/mol. The van der Waals surface area contributed by atoms with Gasteiger partial charge >= 0.3 is 5.97 Å². The van der Waals surface area contributed by atoms with E-state index in [4.69, 9.17) is 0 Å². The highest BCUT2D eigenvalue weighted by Crippen LogP contribution is 2.38. The summed E-state index contributed by atoms with van der Waals surface area (Å²) in [6, 6.07) is 0. The maximum atomic E-state index is 12.0. The molecule has 1 rings (SSSR count). The molecule has 0 aromatic heterocycles. The summed E-state index contributed by atoms with van der Waals surface area (Å²) in [5.74, 6) is -1.26. The molecule has 3 unspecified atom stereocenters. The molecule has 3 nitrogen and oxygen atoms in total. The number of rotatable bonds is 8. The number of carbonyl (C=O) groups is 2. The van der Waals surface area contributed by atoms with Crippen LogP contribution in [0.15, 0.2) is 24.3 Å². The molecule has 0 aromatic rings. The number of hydrogen-bond acceptors (Lipinski definition) is 2. The Labute approximate surface area is 121 Å². The van der Waals surface area contributed by atoms with Crippen molar-refractivity contribution >= 4 is 11.8 Å². The Balaban J connectivity index is 2.79. The molecule has 0 aliphatic heterocycles. The molecule has 1 fully saturated rings. The Kier molecular flexibility index (Phi) is 7.27. The molecule has 20 heavy (non-hydrogen) atoms. The van der Waals surface area contributed by atoms with Gasteiger partial charge in [0.1, 0.15) is 5.78 Å². The lowest BCUT2D eigenvalue weighted by Gasteiger charge is -2.21. The van der Waals surface area contributed by atoms with Gasteiger partial charge in [0.05, 0.1) is 5.92 Å². The van der Waals surface area contributed by atoms with Crippen molar-refractivity contribution in [3.63, 3.8) is 0 Å². The molecule has 0 saturated heterocycles. The van der Waals surface area contributed by atoms with Crippen LogP contribution in [-0.4, -0.2) is 16.9 Å². The van der Waals surface area contributed by atoms with Crippen molar-refractivity contribution in [1.82, 2.24) is 0 Å². The smallest absolute Gasteiger partial charge is 0.310 e. The first kappa shape index (κ1) is 16.7. The summed E-state index contributed by atoms with van der Waals surface area (Å²) in [6.45, 7) is 4.12. The summed E-state index contributed by atoms with van der Waals surface area (Å²) >= 11 is 0. The SMILES string of the molecule is CCC=CCC1C(=O)CCC1C(C=CCCC)C(=O)O. The fourth-order valence-electron chi connectivity index (χ4n) is 2.90. The molecule has 0 radical (unpaired) electrons. The van der Waals surface area contributed by atoms with E-state index in [-0.39, 0.29) is 17.6 Å². The quantitative estimate of drug-likeness (QED) is 0.683. The third-order valence-electron chi connectivity index (χ3n) is 3.99. The second-order valence-corrected chi connectivity index (χ2v) is 5.47. The van der Waals surface area contributed by atoms with Crippen LogP contribution in [0.3, 0.4) is 0 Å². The number of unbranched alkanes of at least 4 members (excludes halogenated alkanes) is 1. The molecule has 1 saturated carbocycles. The lowest BCUT2D eigenvalue weighted by molar-refractivity contribution is -0.142. The number of ketones is 1.